The highest BCUT2D eigenvalue weighted by atomic mass is 32.2. The Hall–Kier alpha value is -1.36. The number of hydrogen-bond donors (Lipinski definition) is 2. The molecule has 1 aromatic carbocycles. The van der Waals surface area contributed by atoms with Gasteiger partial charge in [-0.2, -0.15) is 0 Å². The van der Waals surface area contributed by atoms with Crippen LogP contribution in [-0.4, -0.2) is 34.7 Å². The lowest BCUT2D eigenvalue weighted by molar-refractivity contribution is -0.124. The summed E-state index contributed by atoms with van der Waals surface area (Å²) < 4.78 is 11.2. The molecular formula is C15H22N2O2S. The van der Waals surface area contributed by atoms with Crippen molar-refractivity contribution in [3.63, 3.8) is 0 Å². The van der Waals surface area contributed by atoms with E-state index >= 15 is 0 Å². The van der Waals surface area contributed by atoms with E-state index in [0.717, 1.165) is 18.5 Å². The molecule has 0 fully saturated rings. The molecule has 110 valence electrons. The number of amides is 1. The van der Waals surface area contributed by atoms with Crippen LogP contribution in [-0.2, 0) is 22.0 Å². The number of anilines is 1. The second-order valence-electron chi connectivity index (χ2n) is 5.33. The third-order valence-corrected chi connectivity index (χ3v) is 5.18. The van der Waals surface area contributed by atoms with Crippen LogP contribution in [0.4, 0.5) is 5.69 Å². The van der Waals surface area contributed by atoms with Crippen molar-refractivity contribution in [1.82, 2.24) is 5.32 Å². The molecule has 0 bridgehead atoms. The smallest absolute Gasteiger partial charge is 0.225 e. The maximum Gasteiger partial charge on any atom is 0.225 e. The summed E-state index contributed by atoms with van der Waals surface area (Å²) in [5.41, 5.74) is 2.33. The number of hydrogen-bond acceptors (Lipinski definition) is 3. The summed E-state index contributed by atoms with van der Waals surface area (Å²) in [6.45, 7) is 3.22. The molecule has 2 N–H and O–H groups in total. The van der Waals surface area contributed by atoms with E-state index in [4.69, 9.17) is 0 Å². The van der Waals surface area contributed by atoms with Crippen LogP contribution in [0.2, 0.25) is 0 Å². The second kappa shape index (κ2) is 6.88. The Morgan fingerprint density at radius 1 is 1.50 bits per heavy atom. The molecule has 20 heavy (non-hydrogen) atoms. The van der Waals surface area contributed by atoms with Gasteiger partial charge in [-0.05, 0) is 24.5 Å². The molecule has 3 unspecified atom stereocenters. The molecular weight excluding hydrogens is 272 g/mol. The first-order valence-electron chi connectivity index (χ1n) is 6.99. The molecule has 1 amide bonds. The van der Waals surface area contributed by atoms with E-state index in [1.54, 1.807) is 6.26 Å². The predicted octanol–water partition coefficient (Wildman–Crippen LogP) is 1.54. The van der Waals surface area contributed by atoms with Gasteiger partial charge in [-0.1, -0.05) is 25.1 Å². The maximum atomic E-state index is 12.1. The average molecular weight is 294 g/mol. The summed E-state index contributed by atoms with van der Waals surface area (Å²) in [6.07, 6.45) is 3.24. The standard InChI is InChI=1S/C15H22N2O2S/c1-11(20(2)19)7-8-16-15(18)13-9-12-5-3-4-6-14(12)17-10-13/h3-6,11,13,17H,7-10H2,1-2H3,(H,16,18). The van der Waals surface area contributed by atoms with Gasteiger partial charge in [0, 0.05) is 41.1 Å². The highest BCUT2D eigenvalue weighted by Crippen LogP contribution is 2.24. The second-order valence-corrected chi connectivity index (χ2v) is 7.13. The summed E-state index contributed by atoms with van der Waals surface area (Å²) in [4.78, 5) is 12.1. The number of carbonyl (C=O) groups excluding carboxylic acids is 1. The normalized spacial score (nSPS) is 20.4. The van der Waals surface area contributed by atoms with Gasteiger partial charge in [0.15, 0.2) is 0 Å². The van der Waals surface area contributed by atoms with Crippen LogP contribution in [0.1, 0.15) is 18.9 Å². The molecule has 0 aromatic heterocycles. The number of para-hydroxylation sites is 1. The topological polar surface area (TPSA) is 58.2 Å². The Kier molecular flexibility index (Phi) is 5.17. The van der Waals surface area contributed by atoms with Gasteiger partial charge in [-0.3, -0.25) is 9.00 Å². The van der Waals surface area contributed by atoms with E-state index in [9.17, 15) is 9.00 Å². The molecule has 0 aliphatic carbocycles. The predicted molar refractivity (Wildman–Crippen MR) is 83.3 cm³/mol. The van der Waals surface area contributed by atoms with Gasteiger partial charge in [0.2, 0.25) is 5.91 Å². The van der Waals surface area contributed by atoms with E-state index in [0.29, 0.717) is 13.1 Å². The van der Waals surface area contributed by atoms with Crippen molar-refractivity contribution in [3.05, 3.63) is 29.8 Å². The lowest BCUT2D eigenvalue weighted by Gasteiger charge is -2.25. The third-order valence-electron chi connectivity index (χ3n) is 3.81. The number of rotatable bonds is 5. The highest BCUT2D eigenvalue weighted by molar-refractivity contribution is 7.84. The number of fused-ring (bicyclic) bond motifs is 1. The number of carbonyl (C=O) groups is 1. The van der Waals surface area contributed by atoms with Crippen LogP contribution in [0, 0.1) is 5.92 Å². The van der Waals surface area contributed by atoms with E-state index in [2.05, 4.69) is 16.7 Å². The van der Waals surface area contributed by atoms with Crippen LogP contribution in [0.3, 0.4) is 0 Å². The molecule has 1 aliphatic rings. The molecule has 4 nitrogen and oxygen atoms in total. The summed E-state index contributed by atoms with van der Waals surface area (Å²) >= 11 is 0. The van der Waals surface area contributed by atoms with E-state index in [-0.39, 0.29) is 17.1 Å². The fraction of sp³-hybridized carbons (Fsp3) is 0.533. The Bertz CT molecular complexity index is 504. The monoisotopic (exact) mass is 294 g/mol. The van der Waals surface area contributed by atoms with E-state index in [1.807, 2.05) is 25.1 Å². The zero-order valence-corrected chi connectivity index (χ0v) is 12.8. The van der Waals surface area contributed by atoms with Gasteiger partial charge in [0.05, 0.1) is 5.92 Å². The van der Waals surface area contributed by atoms with Crippen molar-refractivity contribution in [3.8, 4) is 0 Å². The largest absolute Gasteiger partial charge is 0.384 e. The fourth-order valence-electron chi connectivity index (χ4n) is 2.34. The highest BCUT2D eigenvalue weighted by Gasteiger charge is 2.23. The van der Waals surface area contributed by atoms with Gasteiger partial charge >= 0.3 is 0 Å². The zero-order valence-electron chi connectivity index (χ0n) is 12.0. The van der Waals surface area contributed by atoms with E-state index in [1.165, 1.54) is 5.56 Å². The summed E-state index contributed by atoms with van der Waals surface area (Å²) in [7, 11) is -0.823. The van der Waals surface area contributed by atoms with Crippen molar-refractivity contribution >= 4 is 22.4 Å². The van der Waals surface area contributed by atoms with E-state index < -0.39 is 10.8 Å². The minimum atomic E-state index is -0.823. The summed E-state index contributed by atoms with van der Waals surface area (Å²) in [5.74, 6) is 0.0634. The Balaban J connectivity index is 1.81. The Morgan fingerprint density at radius 2 is 2.25 bits per heavy atom. The van der Waals surface area contributed by atoms with Crippen LogP contribution >= 0.6 is 0 Å². The third kappa shape index (κ3) is 3.82. The minimum Gasteiger partial charge on any atom is -0.384 e. The molecule has 0 saturated carbocycles. The summed E-state index contributed by atoms with van der Waals surface area (Å²) in [6, 6.07) is 8.10. The van der Waals surface area contributed by atoms with Gasteiger partial charge < -0.3 is 10.6 Å². The molecule has 3 atom stereocenters. The average Bonchev–Trinajstić information content (AvgIpc) is 2.46. The van der Waals surface area contributed by atoms with Crippen LogP contribution in [0.15, 0.2) is 24.3 Å². The zero-order chi connectivity index (χ0) is 14.5. The van der Waals surface area contributed by atoms with Crippen molar-refractivity contribution in [2.75, 3.05) is 24.7 Å². The van der Waals surface area contributed by atoms with Gasteiger partial charge in [0.1, 0.15) is 0 Å². The lowest BCUT2D eigenvalue weighted by Crippen LogP contribution is -2.39. The first kappa shape index (κ1) is 15.0. The molecule has 2 rings (SSSR count). The van der Waals surface area contributed by atoms with Crippen LogP contribution in [0.5, 0.6) is 0 Å². The first-order chi connectivity index (χ1) is 9.58. The van der Waals surface area contributed by atoms with Gasteiger partial charge in [0.25, 0.3) is 0 Å². The van der Waals surface area contributed by atoms with Gasteiger partial charge in [-0.15, -0.1) is 0 Å². The molecule has 1 aliphatic heterocycles. The fourth-order valence-corrected chi connectivity index (χ4v) is 2.79. The lowest BCUT2D eigenvalue weighted by atomic mass is 9.93. The van der Waals surface area contributed by atoms with Crippen molar-refractivity contribution < 1.29 is 9.00 Å². The van der Waals surface area contributed by atoms with Gasteiger partial charge in [-0.25, -0.2) is 0 Å². The number of benzene rings is 1. The Morgan fingerprint density at radius 3 is 3.00 bits per heavy atom. The van der Waals surface area contributed by atoms with Crippen molar-refractivity contribution in [1.29, 1.82) is 0 Å². The molecule has 0 radical (unpaired) electrons. The Labute approximate surface area is 122 Å². The quantitative estimate of drug-likeness (QED) is 0.866. The first-order valence-corrected chi connectivity index (χ1v) is 8.61. The van der Waals surface area contributed by atoms with Crippen molar-refractivity contribution in [2.45, 2.75) is 25.0 Å². The molecule has 0 spiro atoms. The molecule has 1 aromatic rings. The number of nitrogens with one attached hydrogen (secondary N) is 2. The summed E-state index contributed by atoms with van der Waals surface area (Å²) in [5, 5.41) is 6.38. The van der Waals surface area contributed by atoms with Crippen LogP contribution in [0.25, 0.3) is 0 Å². The molecule has 5 heteroatoms. The maximum absolute atomic E-state index is 12.1. The molecule has 1 heterocycles. The minimum absolute atomic E-state index is 0.0210. The molecule has 0 saturated heterocycles. The van der Waals surface area contributed by atoms with Crippen molar-refractivity contribution in [2.24, 2.45) is 5.92 Å². The SMILES string of the molecule is CC(CCNC(=O)C1CNc2ccccc2C1)S(C)=O. The van der Waals surface area contributed by atoms with Crippen LogP contribution < -0.4 is 10.6 Å².